The standard InChI is InChI=1S/C31H39NO4/c1-21-16-30(35-19-24-10-7-6-8-11-24)23(3)22(2)28(21)18-26-14-15-29(36-20-33-4)31(32-26)25-12-9-13-27(17-25)34-5/h6-8,10-11,14-16,25,27H,9,12-13,17-20H2,1-5H3. The van der Waals surface area contributed by atoms with Crippen molar-refractivity contribution in [2.45, 2.75) is 71.5 Å². The largest absolute Gasteiger partial charge is 0.489 e. The predicted molar refractivity (Wildman–Crippen MR) is 143 cm³/mol. The van der Waals surface area contributed by atoms with Crippen LogP contribution in [0, 0.1) is 20.8 Å². The summed E-state index contributed by atoms with van der Waals surface area (Å²) in [4.78, 5) is 5.16. The molecule has 2 aromatic carbocycles. The molecular formula is C31H39NO4. The first kappa shape index (κ1) is 26.2. The predicted octanol–water partition coefficient (Wildman–Crippen LogP) is 6.83. The zero-order valence-electron chi connectivity index (χ0n) is 22.3. The normalized spacial score (nSPS) is 17.7. The molecule has 1 heterocycles. The summed E-state index contributed by atoms with van der Waals surface area (Å²) in [5.74, 6) is 2.09. The summed E-state index contributed by atoms with van der Waals surface area (Å²) in [6.07, 6.45) is 5.37. The van der Waals surface area contributed by atoms with Crippen molar-refractivity contribution >= 4 is 0 Å². The number of methoxy groups -OCH3 is 2. The van der Waals surface area contributed by atoms with Gasteiger partial charge in [0.05, 0.1) is 11.8 Å². The van der Waals surface area contributed by atoms with Gasteiger partial charge in [-0.2, -0.15) is 0 Å². The van der Waals surface area contributed by atoms with Crippen molar-refractivity contribution in [2.24, 2.45) is 0 Å². The number of nitrogens with zero attached hydrogens (tertiary/aromatic N) is 1. The van der Waals surface area contributed by atoms with E-state index in [2.05, 4.69) is 51.1 Å². The maximum absolute atomic E-state index is 6.21. The zero-order chi connectivity index (χ0) is 25.5. The molecule has 1 aliphatic carbocycles. The zero-order valence-corrected chi connectivity index (χ0v) is 22.3. The summed E-state index contributed by atoms with van der Waals surface area (Å²) < 4.78 is 23.0. The molecule has 5 heteroatoms. The Kier molecular flexibility index (Phi) is 9.00. The molecule has 0 radical (unpaired) electrons. The van der Waals surface area contributed by atoms with Crippen LogP contribution in [0.4, 0.5) is 0 Å². The van der Waals surface area contributed by atoms with Crippen LogP contribution in [-0.2, 0) is 22.5 Å². The van der Waals surface area contributed by atoms with E-state index in [0.29, 0.717) is 12.5 Å². The summed E-state index contributed by atoms with van der Waals surface area (Å²) in [6, 6.07) is 16.6. The van der Waals surface area contributed by atoms with Gasteiger partial charge < -0.3 is 18.9 Å². The SMILES string of the molecule is COCOc1ccc(Cc2c(C)cc(OCc3ccccc3)c(C)c2C)nc1C1CCCC(OC)C1. The second-order valence-corrected chi connectivity index (χ2v) is 9.83. The van der Waals surface area contributed by atoms with Crippen LogP contribution >= 0.6 is 0 Å². The average Bonchev–Trinajstić information content (AvgIpc) is 2.92. The molecule has 192 valence electrons. The van der Waals surface area contributed by atoms with Crippen LogP contribution in [0.15, 0.2) is 48.5 Å². The Bertz CT molecular complexity index is 1150. The maximum Gasteiger partial charge on any atom is 0.188 e. The molecule has 4 rings (SSSR count). The number of pyridine rings is 1. The molecule has 2 unspecified atom stereocenters. The maximum atomic E-state index is 6.21. The van der Waals surface area contributed by atoms with Gasteiger partial charge in [0.25, 0.3) is 0 Å². The molecule has 1 saturated carbocycles. The summed E-state index contributed by atoms with van der Waals surface area (Å²) >= 11 is 0. The summed E-state index contributed by atoms with van der Waals surface area (Å²) in [5.41, 5.74) is 8.23. The van der Waals surface area contributed by atoms with E-state index in [0.717, 1.165) is 55.0 Å². The highest BCUT2D eigenvalue weighted by atomic mass is 16.7. The molecular weight excluding hydrogens is 450 g/mol. The van der Waals surface area contributed by atoms with Crippen molar-refractivity contribution in [1.29, 1.82) is 0 Å². The Morgan fingerprint density at radius 3 is 2.44 bits per heavy atom. The van der Waals surface area contributed by atoms with E-state index in [4.69, 9.17) is 23.9 Å². The fourth-order valence-electron chi connectivity index (χ4n) is 5.18. The van der Waals surface area contributed by atoms with E-state index in [1.54, 1.807) is 14.2 Å². The monoisotopic (exact) mass is 489 g/mol. The molecule has 36 heavy (non-hydrogen) atoms. The molecule has 1 aliphatic rings. The first-order valence-electron chi connectivity index (χ1n) is 12.9. The van der Waals surface area contributed by atoms with Gasteiger partial charge in [-0.25, -0.2) is 0 Å². The second kappa shape index (κ2) is 12.4. The summed E-state index contributed by atoms with van der Waals surface area (Å²) in [6.45, 7) is 7.28. The van der Waals surface area contributed by atoms with E-state index in [1.165, 1.54) is 27.8 Å². The minimum Gasteiger partial charge on any atom is -0.489 e. The van der Waals surface area contributed by atoms with Crippen LogP contribution in [0.25, 0.3) is 0 Å². The third kappa shape index (κ3) is 6.26. The lowest BCUT2D eigenvalue weighted by atomic mass is 9.84. The molecule has 0 bridgehead atoms. The smallest absolute Gasteiger partial charge is 0.188 e. The number of ether oxygens (including phenoxy) is 4. The third-order valence-corrected chi connectivity index (χ3v) is 7.43. The van der Waals surface area contributed by atoms with Gasteiger partial charge in [-0.05, 0) is 86.1 Å². The molecule has 0 spiro atoms. The van der Waals surface area contributed by atoms with Gasteiger partial charge in [0.2, 0.25) is 0 Å². The van der Waals surface area contributed by atoms with E-state index in [-0.39, 0.29) is 12.9 Å². The lowest BCUT2D eigenvalue weighted by Gasteiger charge is -2.29. The van der Waals surface area contributed by atoms with Gasteiger partial charge in [0, 0.05) is 32.3 Å². The topological polar surface area (TPSA) is 49.8 Å². The van der Waals surface area contributed by atoms with Gasteiger partial charge in [-0.1, -0.05) is 36.8 Å². The third-order valence-electron chi connectivity index (χ3n) is 7.43. The molecule has 5 nitrogen and oxygen atoms in total. The lowest BCUT2D eigenvalue weighted by molar-refractivity contribution is 0.0464. The average molecular weight is 490 g/mol. The summed E-state index contributed by atoms with van der Waals surface area (Å²) in [5, 5.41) is 0. The highest BCUT2D eigenvalue weighted by Gasteiger charge is 2.27. The Labute approximate surface area is 215 Å². The van der Waals surface area contributed by atoms with Crippen LogP contribution < -0.4 is 9.47 Å². The van der Waals surface area contributed by atoms with Crippen LogP contribution in [0.1, 0.15) is 70.8 Å². The number of hydrogen-bond acceptors (Lipinski definition) is 5. The van der Waals surface area contributed by atoms with Crippen molar-refractivity contribution in [1.82, 2.24) is 4.98 Å². The molecule has 3 aromatic rings. The number of aryl methyl sites for hydroxylation is 1. The molecule has 0 amide bonds. The molecule has 0 saturated heterocycles. The Balaban J connectivity index is 1.58. The minimum absolute atomic E-state index is 0.219. The van der Waals surface area contributed by atoms with Crippen LogP contribution in [-0.4, -0.2) is 32.1 Å². The number of benzene rings is 2. The van der Waals surface area contributed by atoms with Crippen molar-refractivity contribution in [2.75, 3.05) is 21.0 Å². The first-order valence-corrected chi connectivity index (χ1v) is 12.9. The highest BCUT2D eigenvalue weighted by molar-refractivity contribution is 5.49. The Morgan fingerprint density at radius 1 is 0.889 bits per heavy atom. The fraction of sp³-hybridized carbons (Fsp3) is 0.452. The number of rotatable bonds is 10. The number of hydrogen-bond donors (Lipinski definition) is 0. The first-order chi connectivity index (χ1) is 17.5. The fourth-order valence-corrected chi connectivity index (χ4v) is 5.18. The van der Waals surface area contributed by atoms with Crippen molar-refractivity contribution < 1.29 is 18.9 Å². The summed E-state index contributed by atoms with van der Waals surface area (Å²) in [7, 11) is 3.45. The van der Waals surface area contributed by atoms with Gasteiger partial charge in [-0.15, -0.1) is 0 Å². The lowest BCUT2D eigenvalue weighted by Crippen LogP contribution is -2.22. The number of aromatic nitrogens is 1. The quantitative estimate of drug-likeness (QED) is 0.292. The highest BCUT2D eigenvalue weighted by Crippen LogP contribution is 2.38. The molecule has 1 fully saturated rings. The van der Waals surface area contributed by atoms with Gasteiger partial charge in [-0.3, -0.25) is 4.98 Å². The Hall–Kier alpha value is -2.89. The second-order valence-electron chi connectivity index (χ2n) is 9.83. The van der Waals surface area contributed by atoms with Gasteiger partial charge in [0.1, 0.15) is 18.1 Å². The Morgan fingerprint density at radius 2 is 1.69 bits per heavy atom. The van der Waals surface area contributed by atoms with Gasteiger partial charge >= 0.3 is 0 Å². The van der Waals surface area contributed by atoms with E-state index in [1.807, 2.05) is 18.2 Å². The molecule has 0 N–H and O–H groups in total. The van der Waals surface area contributed by atoms with E-state index >= 15 is 0 Å². The van der Waals surface area contributed by atoms with E-state index in [9.17, 15) is 0 Å². The van der Waals surface area contributed by atoms with Crippen LogP contribution in [0.3, 0.4) is 0 Å². The van der Waals surface area contributed by atoms with Gasteiger partial charge in [0.15, 0.2) is 6.79 Å². The molecule has 1 aromatic heterocycles. The van der Waals surface area contributed by atoms with Crippen molar-refractivity contribution in [3.63, 3.8) is 0 Å². The van der Waals surface area contributed by atoms with Crippen LogP contribution in [0.5, 0.6) is 11.5 Å². The molecule has 2 atom stereocenters. The van der Waals surface area contributed by atoms with Crippen molar-refractivity contribution in [3.8, 4) is 11.5 Å². The molecule has 0 aliphatic heterocycles. The van der Waals surface area contributed by atoms with E-state index < -0.39 is 0 Å². The van der Waals surface area contributed by atoms with Crippen LogP contribution in [0.2, 0.25) is 0 Å². The van der Waals surface area contributed by atoms with Crippen molar-refractivity contribution in [3.05, 3.63) is 87.7 Å². The minimum atomic E-state index is 0.219.